The van der Waals surface area contributed by atoms with E-state index in [1.807, 2.05) is 0 Å². The van der Waals surface area contributed by atoms with Crippen molar-refractivity contribution in [1.29, 1.82) is 0 Å². The van der Waals surface area contributed by atoms with Gasteiger partial charge in [-0.05, 0) is 69.1 Å². The monoisotopic (exact) mass is 276 g/mol. The highest BCUT2D eigenvalue weighted by molar-refractivity contribution is 5.09. The van der Waals surface area contributed by atoms with Gasteiger partial charge in [0.15, 0.2) is 0 Å². The summed E-state index contributed by atoms with van der Waals surface area (Å²) in [6.45, 7) is 9.90. The van der Waals surface area contributed by atoms with Crippen molar-refractivity contribution < 1.29 is 0 Å². The summed E-state index contributed by atoms with van der Waals surface area (Å²) in [5.74, 6) is 3.83. The topological polar surface area (TPSA) is 15.3 Å². The molecule has 0 aromatic heterocycles. The lowest BCUT2D eigenvalue weighted by Crippen LogP contribution is -2.67. The van der Waals surface area contributed by atoms with E-state index in [2.05, 4.69) is 31.0 Å². The van der Waals surface area contributed by atoms with E-state index in [4.69, 9.17) is 0 Å². The van der Waals surface area contributed by atoms with Crippen LogP contribution in [-0.4, -0.2) is 35.6 Å². The fourth-order valence-corrected chi connectivity index (χ4v) is 4.75. The van der Waals surface area contributed by atoms with Crippen LogP contribution in [0, 0.1) is 23.7 Å². The molecule has 4 aliphatic rings. The van der Waals surface area contributed by atoms with E-state index in [-0.39, 0.29) is 0 Å². The van der Waals surface area contributed by atoms with Crippen LogP contribution in [0.4, 0.5) is 0 Å². The van der Waals surface area contributed by atoms with E-state index < -0.39 is 0 Å². The Kier molecular flexibility index (Phi) is 3.20. The van der Waals surface area contributed by atoms with Crippen LogP contribution >= 0.6 is 0 Å². The second kappa shape index (κ2) is 4.71. The van der Waals surface area contributed by atoms with Crippen molar-refractivity contribution in [1.82, 2.24) is 10.2 Å². The molecule has 3 saturated carbocycles. The molecule has 3 aliphatic carbocycles. The molecule has 2 nitrogen and oxygen atoms in total. The Bertz CT molecular complexity index is 356. The molecule has 1 saturated heterocycles. The van der Waals surface area contributed by atoms with Gasteiger partial charge in [-0.2, -0.15) is 0 Å². The minimum atomic E-state index is 0.410. The SMILES string of the molecule is CC(C)C1CNC(C)(C2CC2)CN1C(C1CC1)C1CC1. The summed E-state index contributed by atoms with van der Waals surface area (Å²) in [6.07, 6.45) is 8.96. The molecule has 0 spiro atoms. The highest BCUT2D eigenvalue weighted by Gasteiger charge is 2.52. The summed E-state index contributed by atoms with van der Waals surface area (Å²) in [4.78, 5) is 2.99. The van der Waals surface area contributed by atoms with Crippen LogP contribution in [-0.2, 0) is 0 Å². The van der Waals surface area contributed by atoms with Crippen molar-refractivity contribution in [2.45, 2.75) is 76.9 Å². The number of hydrogen-bond donors (Lipinski definition) is 1. The van der Waals surface area contributed by atoms with Crippen LogP contribution in [0.5, 0.6) is 0 Å². The van der Waals surface area contributed by atoms with E-state index in [1.165, 1.54) is 51.6 Å². The number of piperazine rings is 1. The van der Waals surface area contributed by atoms with Gasteiger partial charge < -0.3 is 5.32 Å². The zero-order valence-electron chi connectivity index (χ0n) is 13.6. The first-order valence-electron chi connectivity index (χ1n) is 9.09. The molecule has 114 valence electrons. The fraction of sp³-hybridized carbons (Fsp3) is 1.00. The molecule has 0 amide bonds. The van der Waals surface area contributed by atoms with Crippen molar-refractivity contribution in [2.24, 2.45) is 23.7 Å². The highest BCUT2D eigenvalue weighted by atomic mass is 15.3. The van der Waals surface area contributed by atoms with Crippen LogP contribution < -0.4 is 5.32 Å². The quantitative estimate of drug-likeness (QED) is 0.829. The molecule has 20 heavy (non-hydrogen) atoms. The molecule has 1 N–H and O–H groups in total. The van der Waals surface area contributed by atoms with Gasteiger partial charge in [0.1, 0.15) is 0 Å². The van der Waals surface area contributed by atoms with Crippen LogP contribution in [0.15, 0.2) is 0 Å². The Morgan fingerprint density at radius 1 is 1.00 bits per heavy atom. The second-order valence-corrected chi connectivity index (χ2v) is 8.72. The molecule has 4 fully saturated rings. The smallest absolute Gasteiger partial charge is 0.0309 e. The van der Waals surface area contributed by atoms with Crippen LogP contribution in [0.1, 0.15) is 59.3 Å². The van der Waals surface area contributed by atoms with Gasteiger partial charge in [0, 0.05) is 30.7 Å². The number of nitrogens with one attached hydrogen (secondary N) is 1. The molecule has 2 unspecified atom stereocenters. The lowest BCUT2D eigenvalue weighted by molar-refractivity contribution is 0.00305. The van der Waals surface area contributed by atoms with Crippen molar-refractivity contribution in [3.8, 4) is 0 Å². The van der Waals surface area contributed by atoms with Gasteiger partial charge in [0.25, 0.3) is 0 Å². The van der Waals surface area contributed by atoms with Gasteiger partial charge in [0.05, 0.1) is 0 Å². The maximum Gasteiger partial charge on any atom is 0.0309 e. The minimum absolute atomic E-state index is 0.410. The number of hydrogen-bond acceptors (Lipinski definition) is 2. The van der Waals surface area contributed by atoms with Crippen molar-refractivity contribution in [2.75, 3.05) is 13.1 Å². The summed E-state index contributed by atoms with van der Waals surface area (Å²) in [7, 11) is 0. The zero-order valence-corrected chi connectivity index (χ0v) is 13.6. The first kappa shape index (κ1) is 13.6. The summed E-state index contributed by atoms with van der Waals surface area (Å²) >= 11 is 0. The minimum Gasteiger partial charge on any atom is -0.308 e. The van der Waals surface area contributed by atoms with Crippen molar-refractivity contribution >= 4 is 0 Å². The maximum absolute atomic E-state index is 3.95. The van der Waals surface area contributed by atoms with E-state index in [0.29, 0.717) is 5.54 Å². The lowest BCUT2D eigenvalue weighted by Gasteiger charge is -2.51. The molecule has 2 atom stereocenters. The molecule has 1 heterocycles. The third-order valence-corrected chi connectivity index (χ3v) is 6.49. The number of nitrogens with zero attached hydrogens (tertiary/aromatic N) is 1. The Hall–Kier alpha value is -0.0800. The Morgan fingerprint density at radius 3 is 2.05 bits per heavy atom. The van der Waals surface area contributed by atoms with E-state index in [9.17, 15) is 0 Å². The van der Waals surface area contributed by atoms with E-state index >= 15 is 0 Å². The van der Waals surface area contributed by atoms with Gasteiger partial charge >= 0.3 is 0 Å². The van der Waals surface area contributed by atoms with Crippen LogP contribution in [0.2, 0.25) is 0 Å². The molecule has 4 rings (SSSR count). The summed E-state index contributed by atoms with van der Waals surface area (Å²) in [6, 6.07) is 1.70. The molecule has 0 aromatic rings. The maximum atomic E-state index is 3.95. The highest BCUT2D eigenvalue weighted by Crippen LogP contribution is 2.50. The predicted molar refractivity (Wildman–Crippen MR) is 83.7 cm³/mol. The summed E-state index contributed by atoms with van der Waals surface area (Å²) in [5, 5.41) is 3.95. The lowest BCUT2D eigenvalue weighted by atomic mass is 9.85. The zero-order chi connectivity index (χ0) is 13.9. The van der Waals surface area contributed by atoms with Gasteiger partial charge in [-0.1, -0.05) is 13.8 Å². The van der Waals surface area contributed by atoms with Crippen LogP contribution in [0.25, 0.3) is 0 Å². The molecule has 0 radical (unpaired) electrons. The van der Waals surface area contributed by atoms with Crippen molar-refractivity contribution in [3.05, 3.63) is 0 Å². The van der Waals surface area contributed by atoms with Gasteiger partial charge in [0.2, 0.25) is 0 Å². The first-order chi connectivity index (χ1) is 9.58. The largest absolute Gasteiger partial charge is 0.308 e. The molecular formula is C18H32N2. The summed E-state index contributed by atoms with van der Waals surface area (Å²) in [5.41, 5.74) is 0.410. The molecular weight excluding hydrogens is 244 g/mol. The normalized spacial score (nSPS) is 39.8. The molecule has 0 bridgehead atoms. The third kappa shape index (κ3) is 2.43. The van der Waals surface area contributed by atoms with E-state index in [0.717, 1.165) is 35.8 Å². The Balaban J connectivity index is 1.56. The summed E-state index contributed by atoms with van der Waals surface area (Å²) < 4.78 is 0. The van der Waals surface area contributed by atoms with E-state index in [1.54, 1.807) is 0 Å². The molecule has 2 heteroatoms. The first-order valence-corrected chi connectivity index (χ1v) is 9.09. The molecule has 1 aliphatic heterocycles. The Morgan fingerprint density at radius 2 is 1.60 bits per heavy atom. The predicted octanol–water partition coefficient (Wildman–Crippen LogP) is 3.27. The fourth-order valence-electron chi connectivity index (χ4n) is 4.75. The van der Waals surface area contributed by atoms with Gasteiger partial charge in [-0.25, -0.2) is 0 Å². The Labute approximate surface area is 124 Å². The average Bonchev–Trinajstić information content (AvgIpc) is 3.27. The average molecular weight is 276 g/mol. The van der Waals surface area contributed by atoms with Gasteiger partial charge in [-0.15, -0.1) is 0 Å². The number of rotatable bonds is 5. The van der Waals surface area contributed by atoms with Gasteiger partial charge in [-0.3, -0.25) is 4.90 Å². The van der Waals surface area contributed by atoms with Crippen LogP contribution in [0.3, 0.4) is 0 Å². The third-order valence-electron chi connectivity index (χ3n) is 6.49. The molecule has 0 aromatic carbocycles. The standard InChI is InChI=1S/C18H32N2/c1-12(2)16-10-19-18(3,15-8-9-15)11-20(16)17(13-4-5-13)14-6-7-14/h12-17,19H,4-11H2,1-3H3. The van der Waals surface area contributed by atoms with Crippen molar-refractivity contribution in [3.63, 3.8) is 0 Å². The second-order valence-electron chi connectivity index (χ2n) is 8.72.